The van der Waals surface area contributed by atoms with E-state index in [0.717, 1.165) is 52.2 Å². The minimum absolute atomic E-state index is 0.103. The third-order valence-electron chi connectivity index (χ3n) is 10.3. The molecule has 0 aliphatic carbocycles. The number of fused-ring (bicyclic) bond motifs is 2. The molecule has 0 atom stereocenters. The molecule has 0 spiro atoms. The highest BCUT2D eigenvalue weighted by Gasteiger charge is 2.32. The second-order valence-corrected chi connectivity index (χ2v) is 20.6. The van der Waals surface area contributed by atoms with Crippen molar-refractivity contribution >= 4 is 98.5 Å². The van der Waals surface area contributed by atoms with Crippen molar-refractivity contribution in [3.63, 3.8) is 0 Å². The van der Waals surface area contributed by atoms with E-state index >= 15 is 0 Å². The van der Waals surface area contributed by atoms with E-state index in [-0.39, 0.29) is 27.1 Å². The molecule has 0 bridgehead atoms. The fraction of sp³-hybridized carbons (Fsp3) is 0.130. The van der Waals surface area contributed by atoms with Crippen LogP contribution in [0.5, 0.6) is 17.2 Å². The first-order valence-corrected chi connectivity index (χ1v) is 25.6. The monoisotopic (exact) mass is 1100 g/mol. The number of hydrogen-bond acceptors (Lipinski definition) is 16. The fourth-order valence-electron chi connectivity index (χ4n) is 6.52. The zero-order valence-corrected chi connectivity index (χ0v) is 42.4. The van der Waals surface area contributed by atoms with E-state index in [4.69, 9.17) is 32.7 Å². The number of methoxy groups -OCH3 is 2. The van der Waals surface area contributed by atoms with Crippen LogP contribution in [-0.4, -0.2) is 59.7 Å². The number of sulfonamides is 1. The molecule has 374 valence electrons. The van der Waals surface area contributed by atoms with Crippen LogP contribution in [0.25, 0.3) is 21.8 Å². The lowest BCUT2D eigenvalue weighted by Gasteiger charge is -2.22. The van der Waals surface area contributed by atoms with Gasteiger partial charge < -0.3 is 19.0 Å². The quantitative estimate of drug-likeness (QED) is 0.0497. The van der Waals surface area contributed by atoms with Crippen LogP contribution in [0.2, 0.25) is 10.0 Å². The van der Waals surface area contributed by atoms with Crippen LogP contribution in [0.1, 0.15) is 22.3 Å². The van der Waals surface area contributed by atoms with Gasteiger partial charge in [-0.25, -0.2) is 35.9 Å². The first-order chi connectivity index (χ1) is 34.3. The van der Waals surface area contributed by atoms with Crippen LogP contribution in [0.3, 0.4) is 0 Å². The maximum absolute atomic E-state index is 13.6. The van der Waals surface area contributed by atoms with Crippen LogP contribution in [0.4, 0.5) is 32.2 Å². The summed E-state index contributed by atoms with van der Waals surface area (Å²) in [6.45, 7) is 4.84. The Kier molecular flexibility index (Phi) is 16.7. The molecule has 26 heteroatoms. The van der Waals surface area contributed by atoms with Crippen molar-refractivity contribution in [3.8, 4) is 17.2 Å². The first-order valence-electron chi connectivity index (χ1n) is 20.4. The molecule has 9 rings (SSSR count). The van der Waals surface area contributed by atoms with Crippen LogP contribution in [-0.2, 0) is 33.2 Å². The van der Waals surface area contributed by atoms with Gasteiger partial charge in [-0.05, 0) is 109 Å². The predicted octanol–water partition coefficient (Wildman–Crippen LogP) is 11.3. The lowest BCUT2D eigenvalue weighted by atomic mass is 10.1. The summed E-state index contributed by atoms with van der Waals surface area (Å²) in [5, 5.41) is 6.19. The zero-order valence-electron chi connectivity index (χ0n) is 37.6. The molecule has 0 amide bonds. The van der Waals surface area contributed by atoms with Crippen molar-refractivity contribution in [3.05, 3.63) is 171 Å². The summed E-state index contributed by atoms with van der Waals surface area (Å²) in [7, 11) is -5.60. The van der Waals surface area contributed by atoms with E-state index in [1.54, 1.807) is 44.9 Å². The normalized spacial score (nSPS) is 11.3. The van der Waals surface area contributed by atoms with Gasteiger partial charge in [0.05, 0.1) is 46.7 Å². The van der Waals surface area contributed by atoms with E-state index in [2.05, 4.69) is 51.2 Å². The molecule has 15 nitrogen and oxygen atoms in total. The average molecular weight is 1110 g/mol. The highest BCUT2D eigenvalue weighted by Crippen LogP contribution is 2.34. The maximum Gasteiger partial charge on any atom is 0.339 e. The largest absolute Gasteiger partial charge is 0.497 e. The van der Waals surface area contributed by atoms with Gasteiger partial charge in [-0.2, -0.15) is 25.9 Å². The molecule has 4 aromatic heterocycles. The Morgan fingerprint density at radius 2 is 1.12 bits per heavy atom. The van der Waals surface area contributed by atoms with Gasteiger partial charge in [0.2, 0.25) is 45.1 Å². The number of hydrogen-bond donors (Lipinski definition) is 1. The Hall–Kier alpha value is -6.83. The topological polar surface area (TPSA) is 189 Å². The molecule has 72 heavy (non-hydrogen) atoms. The molecular weight excluding hydrogens is 1070 g/mol. The first kappa shape index (κ1) is 53.0. The maximum atomic E-state index is 13.6. The van der Waals surface area contributed by atoms with Gasteiger partial charge >= 0.3 is 10.1 Å². The second-order valence-electron chi connectivity index (χ2n) is 14.8. The molecule has 0 saturated heterocycles. The van der Waals surface area contributed by atoms with Gasteiger partial charge in [0, 0.05) is 52.8 Å². The standard InChI is InChI=1S/C20H17ClN4O3S2.C15H5ClF5NO3S.C11H13N3OS/c1-13-9-15(28-2)4-3-14(13)11-25(20-23-12-24-29-20)30(26,27)16-5-6-17-18(21)7-8-22-19(17)10-16;16-8-3-4-22-9-5-6(1-2-7(8)9)26(23,24)25-15-13(20)11(18)10(17)12(19)14(15)21;1-8-5-10(15-2)4-3-9(8)6-12-11-13-7-14-16-11/h3-10,12H,11H2,1-2H3;1-5H;3-5,7H,6H2,1-2H3,(H,12,13,14). The smallest absolute Gasteiger partial charge is 0.339 e. The lowest BCUT2D eigenvalue weighted by molar-refractivity contribution is 0.346. The Labute approximate surface area is 426 Å². The van der Waals surface area contributed by atoms with E-state index in [0.29, 0.717) is 27.1 Å². The van der Waals surface area contributed by atoms with Gasteiger partial charge in [-0.15, -0.1) is 0 Å². The number of benzene rings is 5. The van der Waals surface area contributed by atoms with Crippen LogP contribution in [0.15, 0.2) is 120 Å². The Balaban J connectivity index is 0.000000166. The van der Waals surface area contributed by atoms with Crippen molar-refractivity contribution < 1.29 is 52.4 Å². The van der Waals surface area contributed by atoms with Gasteiger partial charge in [-0.1, -0.05) is 35.3 Å². The number of rotatable bonds is 13. The Morgan fingerprint density at radius 3 is 1.64 bits per heavy atom. The van der Waals surface area contributed by atoms with Crippen molar-refractivity contribution in [2.75, 3.05) is 23.8 Å². The summed E-state index contributed by atoms with van der Waals surface area (Å²) < 4.78 is 142. The van der Waals surface area contributed by atoms with Crippen molar-refractivity contribution in [2.24, 2.45) is 0 Å². The number of halogens is 7. The molecule has 1 N–H and O–H groups in total. The summed E-state index contributed by atoms with van der Waals surface area (Å²) in [4.78, 5) is 15.8. The molecule has 0 unspecified atom stereocenters. The van der Waals surface area contributed by atoms with E-state index < -0.39 is 59.9 Å². The summed E-state index contributed by atoms with van der Waals surface area (Å²) in [6.07, 6.45) is 5.72. The van der Waals surface area contributed by atoms with Crippen molar-refractivity contribution in [1.29, 1.82) is 0 Å². The van der Waals surface area contributed by atoms with Crippen LogP contribution in [0, 0.1) is 42.9 Å². The molecule has 5 aromatic carbocycles. The molecule has 0 aliphatic rings. The number of anilines is 2. The predicted molar refractivity (Wildman–Crippen MR) is 264 cm³/mol. The van der Waals surface area contributed by atoms with Crippen molar-refractivity contribution in [2.45, 2.75) is 36.7 Å². The Morgan fingerprint density at radius 1 is 0.611 bits per heavy atom. The highest BCUT2D eigenvalue weighted by atomic mass is 35.5. The molecule has 9 aromatic rings. The third kappa shape index (κ3) is 11.9. The number of nitrogens with zero attached hydrogens (tertiary/aromatic N) is 7. The minimum atomic E-state index is -4.93. The molecule has 0 aliphatic heterocycles. The number of nitrogens with one attached hydrogen (secondary N) is 1. The van der Waals surface area contributed by atoms with Gasteiger partial charge in [0.25, 0.3) is 10.0 Å². The van der Waals surface area contributed by atoms with Crippen LogP contribution < -0.4 is 23.3 Å². The Bertz CT molecular complexity index is 3620. The SMILES string of the molecule is COc1ccc(CN(c2ncns2)S(=O)(=O)c2ccc3c(Cl)ccnc3c2)c(C)c1.COc1ccc(CNc2ncns2)c(C)c1.O=S(=O)(Oc1c(F)c(F)c(F)c(F)c1F)c1ccc2c(Cl)ccnc2c1. The molecule has 0 saturated carbocycles. The summed E-state index contributed by atoms with van der Waals surface area (Å²) in [5.74, 6) is -12.3. The number of ether oxygens (including phenoxy) is 2. The lowest BCUT2D eigenvalue weighted by Crippen LogP contribution is -2.30. The second kappa shape index (κ2) is 22.7. The van der Waals surface area contributed by atoms with E-state index in [9.17, 15) is 38.8 Å². The zero-order chi connectivity index (χ0) is 51.9. The molecule has 0 fully saturated rings. The number of aromatic nitrogens is 6. The van der Waals surface area contributed by atoms with E-state index in [1.807, 2.05) is 31.2 Å². The summed E-state index contributed by atoms with van der Waals surface area (Å²) in [6, 6.07) is 22.6. The van der Waals surface area contributed by atoms with Gasteiger partial charge in [-0.3, -0.25) is 9.97 Å². The van der Waals surface area contributed by atoms with Gasteiger partial charge in [0.15, 0.2) is 0 Å². The van der Waals surface area contributed by atoms with Crippen molar-refractivity contribution in [1.82, 2.24) is 28.7 Å². The minimum Gasteiger partial charge on any atom is -0.497 e. The fourth-order valence-corrected chi connectivity index (χ4v) is 10.5. The third-order valence-corrected chi connectivity index (χ3v) is 15.4. The number of aryl methyl sites for hydroxylation is 2. The molecule has 0 radical (unpaired) electrons. The molecule has 4 heterocycles. The molecular formula is C46H35Cl2F5N8O7S4. The number of pyridine rings is 2. The van der Waals surface area contributed by atoms with E-state index in [1.165, 1.54) is 63.8 Å². The van der Waals surface area contributed by atoms with Crippen LogP contribution >= 0.6 is 46.3 Å². The summed E-state index contributed by atoms with van der Waals surface area (Å²) >= 11 is 14.5. The highest BCUT2D eigenvalue weighted by molar-refractivity contribution is 7.93. The van der Waals surface area contributed by atoms with Gasteiger partial charge in [0.1, 0.15) is 29.0 Å². The summed E-state index contributed by atoms with van der Waals surface area (Å²) in [5.41, 5.74) is 4.79. The average Bonchev–Trinajstić information content (AvgIpc) is 4.12.